The SMILES string of the molecule is COCCNC(=O)C(C)(C)C(=O)N1CCN(c2ccccn2)CC1. The van der Waals surface area contributed by atoms with Gasteiger partial charge in [0.05, 0.1) is 6.61 Å². The number of amides is 2. The van der Waals surface area contributed by atoms with E-state index in [-0.39, 0.29) is 11.8 Å². The van der Waals surface area contributed by atoms with Gasteiger partial charge in [0.1, 0.15) is 11.2 Å². The average Bonchev–Trinajstić information content (AvgIpc) is 2.62. The van der Waals surface area contributed by atoms with E-state index in [2.05, 4.69) is 15.2 Å². The number of anilines is 1. The molecule has 0 spiro atoms. The molecular formula is C17H26N4O3. The molecule has 1 fully saturated rings. The monoisotopic (exact) mass is 334 g/mol. The summed E-state index contributed by atoms with van der Waals surface area (Å²) in [6.45, 7) is 6.77. The maximum absolute atomic E-state index is 12.7. The fraction of sp³-hybridized carbons (Fsp3) is 0.588. The molecule has 0 bridgehead atoms. The lowest BCUT2D eigenvalue weighted by Gasteiger charge is -2.38. The number of nitrogens with one attached hydrogen (secondary N) is 1. The van der Waals surface area contributed by atoms with Gasteiger partial charge in [-0.25, -0.2) is 4.98 Å². The van der Waals surface area contributed by atoms with Crippen LogP contribution in [0.1, 0.15) is 13.8 Å². The van der Waals surface area contributed by atoms with E-state index in [9.17, 15) is 9.59 Å². The number of nitrogens with zero attached hydrogens (tertiary/aromatic N) is 3. The molecule has 1 N–H and O–H groups in total. The van der Waals surface area contributed by atoms with Crippen LogP contribution in [0.5, 0.6) is 0 Å². The summed E-state index contributed by atoms with van der Waals surface area (Å²) in [6, 6.07) is 5.80. The van der Waals surface area contributed by atoms with Gasteiger partial charge in [-0.2, -0.15) is 0 Å². The standard InChI is InChI=1S/C17H26N4O3/c1-17(2,15(22)19-8-13-24-3)16(23)21-11-9-20(10-12-21)14-6-4-5-7-18-14/h4-7H,8-13H2,1-3H3,(H,19,22). The second-order valence-corrected chi connectivity index (χ2v) is 6.34. The van der Waals surface area contributed by atoms with E-state index >= 15 is 0 Å². The predicted octanol–water partition coefficient (Wildman–Crippen LogP) is 0.519. The highest BCUT2D eigenvalue weighted by atomic mass is 16.5. The van der Waals surface area contributed by atoms with Gasteiger partial charge in [0.2, 0.25) is 11.8 Å². The molecule has 24 heavy (non-hydrogen) atoms. The molecule has 1 aliphatic rings. The maximum atomic E-state index is 12.7. The van der Waals surface area contributed by atoms with Crippen molar-refractivity contribution in [3.63, 3.8) is 0 Å². The zero-order chi connectivity index (χ0) is 17.6. The zero-order valence-electron chi connectivity index (χ0n) is 14.6. The van der Waals surface area contributed by atoms with Crippen LogP contribution in [-0.4, -0.2) is 68.1 Å². The molecule has 0 unspecified atom stereocenters. The fourth-order valence-corrected chi connectivity index (χ4v) is 2.66. The summed E-state index contributed by atoms with van der Waals surface area (Å²) >= 11 is 0. The Hall–Kier alpha value is -2.15. The van der Waals surface area contributed by atoms with Gasteiger partial charge in [-0.15, -0.1) is 0 Å². The molecule has 1 aromatic rings. The molecule has 1 aromatic heterocycles. The summed E-state index contributed by atoms with van der Waals surface area (Å²) in [6.07, 6.45) is 1.76. The molecule has 0 radical (unpaired) electrons. The number of piperazine rings is 1. The first-order valence-electron chi connectivity index (χ1n) is 8.19. The molecule has 0 saturated carbocycles. The number of ether oxygens (including phenoxy) is 1. The van der Waals surface area contributed by atoms with Crippen LogP contribution in [0, 0.1) is 5.41 Å². The Balaban J connectivity index is 1.90. The van der Waals surface area contributed by atoms with Crippen molar-refractivity contribution in [3.05, 3.63) is 24.4 Å². The van der Waals surface area contributed by atoms with Crippen molar-refractivity contribution in [1.29, 1.82) is 0 Å². The Bertz CT molecular complexity index is 554. The molecule has 0 aliphatic carbocycles. The molecule has 0 aromatic carbocycles. The third kappa shape index (κ3) is 4.23. The van der Waals surface area contributed by atoms with Crippen LogP contribution in [-0.2, 0) is 14.3 Å². The van der Waals surface area contributed by atoms with E-state index in [0.29, 0.717) is 39.3 Å². The summed E-state index contributed by atoms with van der Waals surface area (Å²) < 4.78 is 4.91. The molecule has 7 heteroatoms. The van der Waals surface area contributed by atoms with Crippen molar-refractivity contribution < 1.29 is 14.3 Å². The summed E-state index contributed by atoms with van der Waals surface area (Å²) in [5.74, 6) is 0.510. The zero-order valence-corrected chi connectivity index (χ0v) is 14.6. The molecule has 2 heterocycles. The van der Waals surface area contributed by atoms with Crippen molar-refractivity contribution in [2.24, 2.45) is 5.41 Å². The number of methoxy groups -OCH3 is 1. The molecule has 2 amide bonds. The normalized spacial score (nSPS) is 15.3. The third-order valence-electron chi connectivity index (χ3n) is 4.23. The smallest absolute Gasteiger partial charge is 0.237 e. The van der Waals surface area contributed by atoms with Gasteiger partial charge in [0, 0.05) is 46.0 Å². The van der Waals surface area contributed by atoms with E-state index in [1.807, 2.05) is 18.2 Å². The number of pyridine rings is 1. The highest BCUT2D eigenvalue weighted by molar-refractivity contribution is 6.04. The largest absolute Gasteiger partial charge is 0.383 e. The van der Waals surface area contributed by atoms with Gasteiger partial charge in [-0.3, -0.25) is 9.59 Å². The first-order valence-corrected chi connectivity index (χ1v) is 8.19. The molecule has 7 nitrogen and oxygen atoms in total. The van der Waals surface area contributed by atoms with Crippen molar-refractivity contribution in [3.8, 4) is 0 Å². The van der Waals surface area contributed by atoms with Crippen LogP contribution in [0.25, 0.3) is 0 Å². The van der Waals surface area contributed by atoms with Crippen molar-refractivity contribution in [2.45, 2.75) is 13.8 Å². The first kappa shape index (κ1) is 18.2. The Morgan fingerprint density at radius 3 is 2.54 bits per heavy atom. The topological polar surface area (TPSA) is 74.8 Å². The minimum absolute atomic E-state index is 0.141. The molecule has 1 aliphatic heterocycles. The lowest BCUT2D eigenvalue weighted by Crippen LogP contribution is -2.55. The Morgan fingerprint density at radius 1 is 1.25 bits per heavy atom. The van der Waals surface area contributed by atoms with Crippen LogP contribution >= 0.6 is 0 Å². The second-order valence-electron chi connectivity index (χ2n) is 6.34. The summed E-state index contributed by atoms with van der Waals surface area (Å²) in [4.78, 5) is 33.3. The summed E-state index contributed by atoms with van der Waals surface area (Å²) in [7, 11) is 1.57. The van der Waals surface area contributed by atoms with Gasteiger partial charge in [-0.05, 0) is 26.0 Å². The second kappa shape index (κ2) is 8.10. The molecule has 132 valence electrons. The van der Waals surface area contributed by atoms with Crippen LogP contribution in [0.2, 0.25) is 0 Å². The average molecular weight is 334 g/mol. The number of rotatable bonds is 6. The van der Waals surface area contributed by atoms with Crippen LogP contribution < -0.4 is 10.2 Å². The van der Waals surface area contributed by atoms with Crippen LogP contribution in [0.3, 0.4) is 0 Å². The first-order chi connectivity index (χ1) is 11.5. The number of aromatic nitrogens is 1. The molecule has 1 saturated heterocycles. The molecular weight excluding hydrogens is 308 g/mol. The van der Waals surface area contributed by atoms with E-state index < -0.39 is 5.41 Å². The predicted molar refractivity (Wildman–Crippen MR) is 91.7 cm³/mol. The van der Waals surface area contributed by atoms with Crippen LogP contribution in [0.15, 0.2) is 24.4 Å². The van der Waals surface area contributed by atoms with Crippen molar-refractivity contribution >= 4 is 17.6 Å². The number of hydrogen-bond donors (Lipinski definition) is 1. The lowest BCUT2D eigenvalue weighted by atomic mass is 9.90. The lowest BCUT2D eigenvalue weighted by molar-refractivity contribution is -0.148. The van der Waals surface area contributed by atoms with E-state index in [1.54, 1.807) is 32.1 Å². The summed E-state index contributed by atoms with van der Waals surface area (Å²) in [5.41, 5.74) is -1.08. The maximum Gasteiger partial charge on any atom is 0.237 e. The number of carbonyl (C=O) groups is 2. The molecule has 0 atom stereocenters. The van der Waals surface area contributed by atoms with Gasteiger partial charge in [-0.1, -0.05) is 6.07 Å². The minimum Gasteiger partial charge on any atom is -0.383 e. The van der Waals surface area contributed by atoms with E-state index in [0.717, 1.165) is 5.82 Å². The van der Waals surface area contributed by atoms with E-state index in [4.69, 9.17) is 4.74 Å². The highest BCUT2D eigenvalue weighted by Crippen LogP contribution is 2.21. The highest BCUT2D eigenvalue weighted by Gasteiger charge is 2.39. The van der Waals surface area contributed by atoms with Crippen LogP contribution in [0.4, 0.5) is 5.82 Å². The van der Waals surface area contributed by atoms with Crippen molar-refractivity contribution in [2.75, 3.05) is 51.3 Å². The Morgan fingerprint density at radius 2 is 1.96 bits per heavy atom. The Labute approximate surface area is 143 Å². The quantitative estimate of drug-likeness (QED) is 0.606. The molecule has 2 rings (SSSR count). The van der Waals surface area contributed by atoms with Gasteiger partial charge in [0.25, 0.3) is 0 Å². The van der Waals surface area contributed by atoms with Gasteiger partial charge < -0.3 is 19.9 Å². The minimum atomic E-state index is -1.08. The fourth-order valence-electron chi connectivity index (χ4n) is 2.66. The van der Waals surface area contributed by atoms with E-state index in [1.165, 1.54) is 0 Å². The number of hydrogen-bond acceptors (Lipinski definition) is 5. The van der Waals surface area contributed by atoms with Gasteiger partial charge >= 0.3 is 0 Å². The third-order valence-corrected chi connectivity index (χ3v) is 4.23. The number of carbonyl (C=O) groups excluding carboxylic acids is 2. The van der Waals surface area contributed by atoms with Crippen molar-refractivity contribution in [1.82, 2.24) is 15.2 Å². The summed E-state index contributed by atoms with van der Waals surface area (Å²) in [5, 5.41) is 2.75. The Kier molecular flexibility index (Phi) is 6.14. The van der Waals surface area contributed by atoms with Gasteiger partial charge in [0.15, 0.2) is 0 Å².